The van der Waals surface area contributed by atoms with Crippen LogP contribution >= 0.6 is 0 Å². The third kappa shape index (κ3) is 5.95. The number of fused-ring (bicyclic) bond motifs is 9. The molecule has 14 aromatic rings. The van der Waals surface area contributed by atoms with Crippen molar-refractivity contribution in [2.45, 2.75) is 0 Å². The van der Waals surface area contributed by atoms with Gasteiger partial charge in [-0.2, -0.15) is 0 Å². The van der Waals surface area contributed by atoms with Gasteiger partial charge in [0.15, 0.2) is 0 Å². The molecule has 0 N–H and O–H groups in total. The van der Waals surface area contributed by atoms with E-state index >= 15 is 0 Å². The van der Waals surface area contributed by atoms with Crippen LogP contribution in [0.25, 0.3) is 142 Å². The maximum absolute atomic E-state index is 6.23. The van der Waals surface area contributed by atoms with Crippen LogP contribution < -0.4 is 0 Å². The van der Waals surface area contributed by atoms with Gasteiger partial charge in [-0.15, -0.1) is 0 Å². The Labute approximate surface area is 387 Å². The molecule has 0 aliphatic carbocycles. The summed E-state index contributed by atoms with van der Waals surface area (Å²) in [5.74, 6) is 0. The van der Waals surface area contributed by atoms with Gasteiger partial charge in [-0.3, -0.25) is 0 Å². The third-order valence-electron chi connectivity index (χ3n) is 14.2. The van der Waals surface area contributed by atoms with E-state index in [0.29, 0.717) is 0 Å². The van der Waals surface area contributed by atoms with Crippen LogP contribution in [-0.4, -0.2) is 0 Å². The van der Waals surface area contributed by atoms with E-state index in [1.165, 1.54) is 120 Å². The summed E-state index contributed by atoms with van der Waals surface area (Å²) in [6.45, 7) is 0. The van der Waals surface area contributed by atoms with Crippen molar-refractivity contribution in [2.75, 3.05) is 0 Å². The summed E-state index contributed by atoms with van der Waals surface area (Å²) in [5, 5.41) is 17.2. The van der Waals surface area contributed by atoms with E-state index in [1.54, 1.807) is 0 Å². The lowest BCUT2D eigenvalue weighted by Crippen LogP contribution is -1.91. The molecule has 0 unspecified atom stereocenters. The zero-order valence-electron chi connectivity index (χ0n) is 36.5. The Kier molecular flexibility index (Phi) is 8.35. The van der Waals surface area contributed by atoms with E-state index in [2.05, 4.69) is 231 Å². The van der Waals surface area contributed by atoms with Crippen LogP contribution in [0, 0.1) is 0 Å². The molecule has 0 radical (unpaired) electrons. The molecule has 0 saturated carbocycles. The van der Waals surface area contributed by atoms with Gasteiger partial charge in [0, 0.05) is 10.8 Å². The minimum Gasteiger partial charge on any atom is -0.456 e. The number of hydrogen-bond donors (Lipinski definition) is 0. The lowest BCUT2D eigenvalue weighted by atomic mass is 9.85. The van der Waals surface area contributed by atoms with Crippen LogP contribution in [0.3, 0.4) is 0 Å². The smallest absolute Gasteiger partial charge is 0.135 e. The fourth-order valence-electron chi connectivity index (χ4n) is 11.1. The largest absolute Gasteiger partial charge is 0.456 e. The van der Waals surface area contributed by atoms with Crippen molar-refractivity contribution >= 4 is 86.6 Å². The first kappa shape index (κ1) is 37.6. The summed E-state index contributed by atoms with van der Waals surface area (Å²) in [7, 11) is 0. The molecule has 0 bridgehead atoms. The van der Waals surface area contributed by atoms with Crippen LogP contribution in [0.15, 0.2) is 247 Å². The fourth-order valence-corrected chi connectivity index (χ4v) is 11.1. The molecule has 0 saturated heterocycles. The molecule has 13 aromatic carbocycles. The maximum Gasteiger partial charge on any atom is 0.135 e. The van der Waals surface area contributed by atoms with Gasteiger partial charge in [0.25, 0.3) is 0 Å². The van der Waals surface area contributed by atoms with Crippen molar-refractivity contribution in [3.8, 4) is 55.6 Å². The molecule has 0 aliphatic heterocycles. The van der Waals surface area contributed by atoms with Crippen molar-refractivity contribution in [3.63, 3.8) is 0 Å². The number of benzene rings is 13. The van der Waals surface area contributed by atoms with Crippen LogP contribution in [0.2, 0.25) is 0 Å². The van der Waals surface area contributed by atoms with Gasteiger partial charge in [0.2, 0.25) is 0 Å². The van der Waals surface area contributed by atoms with Crippen molar-refractivity contribution < 1.29 is 4.42 Å². The van der Waals surface area contributed by atoms with Gasteiger partial charge in [0.05, 0.1) is 0 Å². The first-order valence-electron chi connectivity index (χ1n) is 23.1. The van der Waals surface area contributed by atoms with Crippen molar-refractivity contribution in [1.29, 1.82) is 0 Å². The molecule has 1 nitrogen and oxygen atoms in total. The van der Waals surface area contributed by atoms with Crippen LogP contribution in [0.1, 0.15) is 0 Å². The summed E-state index contributed by atoms with van der Waals surface area (Å²) < 4.78 is 6.23. The van der Waals surface area contributed by atoms with Gasteiger partial charge in [-0.1, -0.05) is 200 Å². The summed E-state index contributed by atoms with van der Waals surface area (Å²) in [6, 6.07) is 89.2. The highest BCUT2D eigenvalue weighted by atomic mass is 16.3. The second-order valence-corrected chi connectivity index (χ2v) is 17.9. The van der Waals surface area contributed by atoms with Gasteiger partial charge < -0.3 is 4.42 Å². The normalized spacial score (nSPS) is 11.9. The van der Waals surface area contributed by atoms with Gasteiger partial charge in [-0.05, 0) is 163 Å². The molecule has 1 heteroatoms. The maximum atomic E-state index is 6.23. The molecule has 0 spiro atoms. The van der Waals surface area contributed by atoms with Gasteiger partial charge in [-0.25, -0.2) is 0 Å². The van der Waals surface area contributed by atoms with E-state index in [0.717, 1.165) is 21.9 Å². The van der Waals surface area contributed by atoms with E-state index in [4.69, 9.17) is 4.42 Å². The Morgan fingerprint density at radius 1 is 0.179 bits per heavy atom. The van der Waals surface area contributed by atoms with E-state index in [-0.39, 0.29) is 0 Å². The lowest BCUT2D eigenvalue weighted by Gasteiger charge is -2.18. The van der Waals surface area contributed by atoms with Crippen LogP contribution in [0.4, 0.5) is 0 Å². The Morgan fingerprint density at radius 3 is 0.910 bits per heavy atom. The molecule has 1 heterocycles. The predicted octanol–water partition coefficient (Wildman–Crippen LogP) is 18.8. The topological polar surface area (TPSA) is 13.1 Å². The minimum absolute atomic E-state index is 0.911. The third-order valence-corrected chi connectivity index (χ3v) is 14.2. The molecule has 0 aliphatic rings. The highest BCUT2D eigenvalue weighted by Gasteiger charge is 2.20. The van der Waals surface area contributed by atoms with Crippen molar-refractivity contribution in [3.05, 3.63) is 243 Å². The summed E-state index contributed by atoms with van der Waals surface area (Å²) >= 11 is 0. The average Bonchev–Trinajstić information content (AvgIpc) is 3.77. The highest BCUT2D eigenvalue weighted by Crippen LogP contribution is 2.47. The van der Waals surface area contributed by atoms with E-state index in [1.807, 2.05) is 12.1 Å². The fraction of sp³-hybridized carbons (Fsp3) is 0. The number of hydrogen-bond acceptors (Lipinski definition) is 1. The first-order chi connectivity index (χ1) is 33.2. The molecular weight excluding hydrogens is 809 g/mol. The summed E-state index contributed by atoms with van der Waals surface area (Å²) in [6.07, 6.45) is 0. The molecule has 0 fully saturated rings. The molecule has 1 aromatic heterocycles. The Morgan fingerprint density at radius 2 is 0.478 bits per heavy atom. The second kappa shape index (κ2) is 14.9. The Balaban J connectivity index is 0.844. The number of para-hydroxylation sites is 1. The lowest BCUT2D eigenvalue weighted by molar-refractivity contribution is 0.669. The van der Waals surface area contributed by atoms with Crippen molar-refractivity contribution in [2.24, 2.45) is 0 Å². The van der Waals surface area contributed by atoms with E-state index < -0.39 is 0 Å². The summed E-state index contributed by atoms with van der Waals surface area (Å²) in [5.41, 5.74) is 14.2. The van der Waals surface area contributed by atoms with Crippen LogP contribution in [-0.2, 0) is 0 Å². The molecule has 310 valence electrons. The standard InChI is InChI=1S/C66H40O/c1-2-14-41(15-3-1)63-52-17-4-6-19-54(52)64(55-20-7-5-18-53(55)63)48-32-30-44-36-42(26-28-46(44)38-48)43-27-29-47-39-49(33-31-45(47)37-43)65-56-21-8-10-23-58(56)66(59-24-11-9-22-57(59)65)50-34-35-62-60(40-50)51-16-12-13-25-61(51)67-62/h1-40H. The van der Waals surface area contributed by atoms with Crippen LogP contribution in [0.5, 0.6) is 0 Å². The second-order valence-electron chi connectivity index (χ2n) is 17.9. The molecule has 67 heavy (non-hydrogen) atoms. The molecule has 14 rings (SSSR count). The molecule has 0 atom stereocenters. The van der Waals surface area contributed by atoms with Crippen molar-refractivity contribution in [1.82, 2.24) is 0 Å². The Hall–Kier alpha value is -8.78. The van der Waals surface area contributed by atoms with E-state index in [9.17, 15) is 0 Å². The molecular formula is C66H40O. The predicted molar refractivity (Wildman–Crippen MR) is 286 cm³/mol. The zero-order chi connectivity index (χ0) is 44.0. The number of furan rings is 1. The Bertz CT molecular complexity index is 4210. The average molecular weight is 849 g/mol. The monoisotopic (exact) mass is 848 g/mol. The van der Waals surface area contributed by atoms with Gasteiger partial charge in [0.1, 0.15) is 11.2 Å². The quantitative estimate of drug-likeness (QED) is 0.157. The number of rotatable bonds is 5. The molecule has 0 amide bonds. The SMILES string of the molecule is c1ccc(-c2c3ccccc3c(-c3ccc4cc(-c5ccc6cc(-c7c8ccccc8c(-c8ccc9oc%10ccccc%10c9c8)c8ccccc78)ccc6c5)ccc4c3)c3ccccc23)cc1. The zero-order valence-corrected chi connectivity index (χ0v) is 36.5. The minimum atomic E-state index is 0.911. The highest BCUT2D eigenvalue weighted by molar-refractivity contribution is 6.24. The summed E-state index contributed by atoms with van der Waals surface area (Å²) in [4.78, 5) is 0. The first-order valence-corrected chi connectivity index (χ1v) is 23.1. The van der Waals surface area contributed by atoms with Gasteiger partial charge >= 0.3 is 0 Å².